The molecule has 0 amide bonds. The fraction of sp³-hybridized carbons (Fsp3) is 0.0714. The molecule has 0 radical (unpaired) electrons. The summed E-state index contributed by atoms with van der Waals surface area (Å²) < 4.78 is 41.4. The summed E-state index contributed by atoms with van der Waals surface area (Å²) >= 11 is 5.59. The van der Waals surface area contributed by atoms with Gasteiger partial charge in [0.2, 0.25) is 0 Å². The Morgan fingerprint density at radius 2 is 1.80 bits per heavy atom. The van der Waals surface area contributed by atoms with Crippen molar-refractivity contribution in [2.45, 2.75) is 6.42 Å². The van der Waals surface area contributed by atoms with E-state index in [1.54, 1.807) is 0 Å². The van der Waals surface area contributed by atoms with Crippen LogP contribution >= 0.6 is 11.6 Å². The zero-order valence-corrected chi connectivity index (χ0v) is 10.7. The van der Waals surface area contributed by atoms with Crippen molar-refractivity contribution in [3.8, 4) is 11.1 Å². The van der Waals surface area contributed by atoms with E-state index in [0.717, 1.165) is 12.1 Å². The van der Waals surface area contributed by atoms with Crippen LogP contribution in [0.3, 0.4) is 0 Å². The Hall–Kier alpha value is -2.01. The number of benzene rings is 2. The van der Waals surface area contributed by atoms with Crippen LogP contribution in [0.15, 0.2) is 30.3 Å². The van der Waals surface area contributed by atoms with Crippen LogP contribution in [0.25, 0.3) is 11.1 Å². The highest BCUT2D eigenvalue weighted by Crippen LogP contribution is 2.31. The topological polar surface area (TPSA) is 37.3 Å². The first-order chi connectivity index (χ1) is 9.40. The highest BCUT2D eigenvalue weighted by Gasteiger charge is 2.17. The molecule has 0 saturated carbocycles. The fourth-order valence-electron chi connectivity index (χ4n) is 1.80. The van der Waals surface area contributed by atoms with Gasteiger partial charge in [-0.05, 0) is 18.2 Å². The first kappa shape index (κ1) is 14.4. The van der Waals surface area contributed by atoms with Crippen molar-refractivity contribution >= 4 is 17.6 Å². The monoisotopic (exact) mass is 300 g/mol. The Labute approximate surface area is 117 Å². The Balaban J connectivity index is 2.56. The zero-order valence-electron chi connectivity index (χ0n) is 9.96. The summed E-state index contributed by atoms with van der Waals surface area (Å²) in [5.74, 6) is -3.98. The van der Waals surface area contributed by atoms with E-state index in [9.17, 15) is 18.0 Å². The van der Waals surface area contributed by atoms with E-state index in [4.69, 9.17) is 16.7 Å². The minimum Gasteiger partial charge on any atom is -0.481 e. The van der Waals surface area contributed by atoms with Crippen LogP contribution in [-0.2, 0) is 11.2 Å². The Morgan fingerprint density at radius 3 is 2.45 bits per heavy atom. The third-order valence-electron chi connectivity index (χ3n) is 2.72. The van der Waals surface area contributed by atoms with Crippen molar-refractivity contribution in [1.82, 2.24) is 0 Å². The Kier molecular flexibility index (Phi) is 3.99. The molecule has 0 aromatic heterocycles. The molecule has 2 rings (SSSR count). The standard InChI is InChI=1S/C14H8ClF3O2/c15-10-3-1-2-8(14(10)18)9-6-11(16)7(4-12(9)17)5-13(19)20/h1-4,6H,5H2,(H,19,20). The quantitative estimate of drug-likeness (QED) is 0.928. The first-order valence-electron chi connectivity index (χ1n) is 5.54. The SMILES string of the molecule is O=C(O)Cc1cc(F)c(-c2cccc(Cl)c2F)cc1F. The van der Waals surface area contributed by atoms with Crippen molar-refractivity contribution in [2.75, 3.05) is 0 Å². The number of carboxylic acids is 1. The number of carbonyl (C=O) groups is 1. The molecule has 20 heavy (non-hydrogen) atoms. The molecule has 2 nitrogen and oxygen atoms in total. The van der Waals surface area contributed by atoms with Gasteiger partial charge in [-0.1, -0.05) is 23.7 Å². The number of halogens is 4. The van der Waals surface area contributed by atoms with Gasteiger partial charge in [0.1, 0.15) is 17.5 Å². The van der Waals surface area contributed by atoms with E-state index in [2.05, 4.69) is 0 Å². The van der Waals surface area contributed by atoms with Gasteiger partial charge < -0.3 is 5.11 Å². The van der Waals surface area contributed by atoms with Crippen molar-refractivity contribution in [1.29, 1.82) is 0 Å². The minimum atomic E-state index is -1.29. The van der Waals surface area contributed by atoms with Gasteiger partial charge in [-0.2, -0.15) is 0 Å². The maximum Gasteiger partial charge on any atom is 0.307 e. The van der Waals surface area contributed by atoms with Gasteiger partial charge in [0.15, 0.2) is 0 Å². The number of rotatable bonds is 3. The summed E-state index contributed by atoms with van der Waals surface area (Å²) in [4.78, 5) is 10.5. The predicted octanol–water partition coefficient (Wildman–Crippen LogP) is 4.05. The van der Waals surface area contributed by atoms with Crippen LogP contribution in [0.1, 0.15) is 5.56 Å². The molecule has 1 N–H and O–H groups in total. The molecule has 6 heteroatoms. The van der Waals surface area contributed by atoms with Crippen LogP contribution in [0, 0.1) is 17.5 Å². The van der Waals surface area contributed by atoms with Crippen molar-refractivity contribution in [2.24, 2.45) is 0 Å². The molecule has 0 saturated heterocycles. The van der Waals surface area contributed by atoms with Gasteiger partial charge in [0.05, 0.1) is 11.4 Å². The smallest absolute Gasteiger partial charge is 0.307 e. The molecule has 104 valence electrons. The highest BCUT2D eigenvalue weighted by atomic mass is 35.5. The van der Waals surface area contributed by atoms with Crippen LogP contribution in [0.2, 0.25) is 5.02 Å². The third kappa shape index (κ3) is 2.77. The third-order valence-corrected chi connectivity index (χ3v) is 3.01. The van der Waals surface area contributed by atoms with Gasteiger partial charge in [0, 0.05) is 16.7 Å². The number of carboxylic acid groups (broad SMARTS) is 1. The molecule has 2 aromatic rings. The van der Waals surface area contributed by atoms with Gasteiger partial charge in [-0.15, -0.1) is 0 Å². The van der Waals surface area contributed by atoms with E-state index in [1.807, 2.05) is 0 Å². The fourth-order valence-corrected chi connectivity index (χ4v) is 1.98. The predicted molar refractivity (Wildman–Crippen MR) is 68.1 cm³/mol. The van der Waals surface area contributed by atoms with Gasteiger partial charge >= 0.3 is 5.97 Å². The van der Waals surface area contributed by atoms with E-state index in [0.29, 0.717) is 0 Å². The van der Waals surface area contributed by atoms with Crippen LogP contribution in [0.4, 0.5) is 13.2 Å². The Bertz CT molecular complexity index is 686. The summed E-state index contributed by atoms with van der Waals surface area (Å²) in [6.45, 7) is 0. The molecule has 0 aliphatic rings. The molecule has 0 fully saturated rings. The molecule has 0 unspecified atom stereocenters. The summed E-state index contributed by atoms with van der Waals surface area (Å²) in [5, 5.41) is 8.37. The van der Waals surface area contributed by atoms with Crippen molar-refractivity contribution < 1.29 is 23.1 Å². The zero-order chi connectivity index (χ0) is 14.9. The summed E-state index contributed by atoms with van der Waals surface area (Å²) in [6, 6.07) is 5.47. The molecular formula is C14H8ClF3O2. The average molecular weight is 301 g/mol. The van der Waals surface area contributed by atoms with Crippen molar-refractivity contribution in [3.05, 3.63) is 58.4 Å². The number of hydrogen-bond donors (Lipinski definition) is 1. The van der Waals surface area contributed by atoms with Crippen LogP contribution in [0.5, 0.6) is 0 Å². The van der Waals surface area contributed by atoms with E-state index < -0.39 is 29.8 Å². The second kappa shape index (κ2) is 5.54. The molecule has 0 atom stereocenters. The molecule has 0 aliphatic heterocycles. The molecule has 2 aromatic carbocycles. The summed E-state index contributed by atoms with van der Waals surface area (Å²) in [6.07, 6.45) is -0.652. The largest absolute Gasteiger partial charge is 0.481 e. The summed E-state index contributed by atoms with van der Waals surface area (Å²) in [7, 11) is 0. The number of aliphatic carboxylic acids is 1. The average Bonchev–Trinajstić information content (AvgIpc) is 2.36. The van der Waals surface area contributed by atoms with Crippen LogP contribution in [-0.4, -0.2) is 11.1 Å². The second-order valence-electron chi connectivity index (χ2n) is 4.10. The van der Waals surface area contributed by atoms with Gasteiger partial charge in [-0.25, -0.2) is 13.2 Å². The van der Waals surface area contributed by atoms with E-state index in [-0.39, 0.29) is 21.7 Å². The highest BCUT2D eigenvalue weighted by molar-refractivity contribution is 6.31. The maximum atomic E-state index is 13.9. The molecule has 0 aliphatic carbocycles. The lowest BCUT2D eigenvalue weighted by Gasteiger charge is -2.09. The van der Waals surface area contributed by atoms with Crippen molar-refractivity contribution in [3.63, 3.8) is 0 Å². The lowest BCUT2D eigenvalue weighted by molar-refractivity contribution is -0.136. The maximum absolute atomic E-state index is 13.9. The molecule has 0 heterocycles. The molecule has 0 spiro atoms. The lowest BCUT2D eigenvalue weighted by atomic mass is 10.0. The van der Waals surface area contributed by atoms with E-state index in [1.165, 1.54) is 18.2 Å². The van der Waals surface area contributed by atoms with Crippen LogP contribution < -0.4 is 0 Å². The molecular weight excluding hydrogens is 293 g/mol. The van der Waals surface area contributed by atoms with E-state index >= 15 is 0 Å². The van der Waals surface area contributed by atoms with Gasteiger partial charge in [0.25, 0.3) is 0 Å². The lowest BCUT2D eigenvalue weighted by Crippen LogP contribution is -2.04. The first-order valence-corrected chi connectivity index (χ1v) is 5.92. The minimum absolute atomic E-state index is 0.184. The molecule has 0 bridgehead atoms. The normalized spacial score (nSPS) is 10.6. The Morgan fingerprint density at radius 1 is 1.10 bits per heavy atom. The summed E-state index contributed by atoms with van der Waals surface area (Å²) in [5.41, 5.74) is -0.798. The van der Waals surface area contributed by atoms with Gasteiger partial charge in [-0.3, -0.25) is 4.79 Å². The number of hydrogen-bond acceptors (Lipinski definition) is 1. The second-order valence-corrected chi connectivity index (χ2v) is 4.50.